The van der Waals surface area contributed by atoms with Gasteiger partial charge in [0.15, 0.2) is 0 Å². The van der Waals surface area contributed by atoms with Gasteiger partial charge in [-0.2, -0.15) is 10.5 Å². The Morgan fingerprint density at radius 2 is 1.95 bits per heavy atom. The highest BCUT2D eigenvalue weighted by molar-refractivity contribution is 5.89. The second-order valence-electron chi connectivity index (χ2n) is 3.87. The number of hydrogen-bond donors (Lipinski definition) is 1. The lowest BCUT2D eigenvalue weighted by molar-refractivity contribution is 0.0697. The maximum Gasteiger partial charge on any atom is 0.335 e. The fourth-order valence-corrected chi connectivity index (χ4v) is 1.62. The number of rotatable bonds is 3. The van der Waals surface area contributed by atoms with E-state index in [0.717, 1.165) is 0 Å². The summed E-state index contributed by atoms with van der Waals surface area (Å²) < 4.78 is 5.47. The van der Waals surface area contributed by atoms with Crippen molar-refractivity contribution in [3.8, 4) is 23.5 Å². The first-order chi connectivity index (χ1) is 9.63. The van der Waals surface area contributed by atoms with Gasteiger partial charge < -0.3 is 9.52 Å². The van der Waals surface area contributed by atoms with Gasteiger partial charge in [0, 0.05) is 11.6 Å². The zero-order valence-corrected chi connectivity index (χ0v) is 10.2. The molecule has 0 spiro atoms. The number of benzene rings is 1. The minimum Gasteiger partial charge on any atom is -0.478 e. The summed E-state index contributed by atoms with van der Waals surface area (Å²) in [6.45, 7) is 0. The zero-order valence-electron chi connectivity index (χ0n) is 10.2. The number of nitrogens with zero attached hydrogens (tertiary/aromatic N) is 2. The largest absolute Gasteiger partial charge is 0.478 e. The van der Waals surface area contributed by atoms with E-state index in [4.69, 9.17) is 20.0 Å². The molecule has 1 heterocycles. The van der Waals surface area contributed by atoms with E-state index in [2.05, 4.69) is 0 Å². The Bertz CT molecular complexity index is 757. The third-order valence-corrected chi connectivity index (χ3v) is 2.55. The van der Waals surface area contributed by atoms with Gasteiger partial charge in [0.25, 0.3) is 0 Å². The first kappa shape index (κ1) is 13.1. The van der Waals surface area contributed by atoms with Gasteiger partial charge in [0.2, 0.25) is 0 Å². The summed E-state index contributed by atoms with van der Waals surface area (Å²) in [6, 6.07) is 13.0. The van der Waals surface area contributed by atoms with Crippen LogP contribution >= 0.6 is 0 Å². The van der Waals surface area contributed by atoms with E-state index in [0.29, 0.717) is 17.1 Å². The molecule has 1 N–H and O–H groups in total. The summed E-state index contributed by atoms with van der Waals surface area (Å²) in [5, 5.41) is 26.3. The average Bonchev–Trinajstić information content (AvgIpc) is 2.93. The molecule has 0 unspecified atom stereocenters. The third-order valence-electron chi connectivity index (χ3n) is 2.55. The second kappa shape index (κ2) is 5.55. The Balaban J connectivity index is 2.37. The standard InChI is InChI=1S/C15H8N2O3/c16-8-10(9-17)6-13-4-5-14(20-13)11-2-1-3-12(7-11)15(18)19/h1-7H,(H,18,19). The van der Waals surface area contributed by atoms with E-state index in [9.17, 15) is 4.79 Å². The molecule has 0 aliphatic heterocycles. The van der Waals surface area contributed by atoms with Crippen molar-refractivity contribution in [3.63, 3.8) is 0 Å². The molecule has 0 aliphatic rings. The van der Waals surface area contributed by atoms with Gasteiger partial charge in [-0.05, 0) is 24.3 Å². The Labute approximate surface area is 114 Å². The lowest BCUT2D eigenvalue weighted by Crippen LogP contribution is -1.95. The smallest absolute Gasteiger partial charge is 0.335 e. The number of nitriles is 2. The number of hydrogen-bond acceptors (Lipinski definition) is 4. The van der Waals surface area contributed by atoms with E-state index in [1.54, 1.807) is 36.4 Å². The van der Waals surface area contributed by atoms with Crippen molar-refractivity contribution in [1.29, 1.82) is 10.5 Å². The molecule has 0 fully saturated rings. The third kappa shape index (κ3) is 2.74. The Kier molecular flexibility index (Phi) is 3.65. The second-order valence-corrected chi connectivity index (χ2v) is 3.87. The molecule has 5 nitrogen and oxygen atoms in total. The molecule has 0 amide bonds. The number of carboxylic acids is 1. The van der Waals surface area contributed by atoms with Crippen molar-refractivity contribution >= 4 is 12.0 Å². The first-order valence-corrected chi connectivity index (χ1v) is 5.59. The predicted octanol–water partition coefficient (Wildman–Crippen LogP) is 3.08. The molecule has 0 bridgehead atoms. The van der Waals surface area contributed by atoms with Gasteiger partial charge in [-0.3, -0.25) is 0 Å². The number of furan rings is 1. The van der Waals surface area contributed by atoms with Crippen molar-refractivity contribution in [1.82, 2.24) is 0 Å². The minimum atomic E-state index is -1.02. The van der Waals surface area contributed by atoms with Crippen LogP contribution in [0.2, 0.25) is 0 Å². The van der Waals surface area contributed by atoms with Crippen molar-refractivity contribution in [3.05, 3.63) is 53.3 Å². The minimum absolute atomic E-state index is 0.0646. The number of carbonyl (C=O) groups is 1. The summed E-state index contributed by atoms with van der Waals surface area (Å²) in [5.74, 6) is -0.191. The Hall–Kier alpha value is -3.31. The highest BCUT2D eigenvalue weighted by Gasteiger charge is 2.08. The average molecular weight is 264 g/mol. The van der Waals surface area contributed by atoms with Crippen LogP contribution in [0.25, 0.3) is 17.4 Å². The van der Waals surface area contributed by atoms with Gasteiger partial charge in [-0.15, -0.1) is 0 Å². The summed E-state index contributed by atoms with van der Waals surface area (Å²) in [7, 11) is 0. The fourth-order valence-electron chi connectivity index (χ4n) is 1.62. The molecule has 1 aromatic heterocycles. The van der Waals surface area contributed by atoms with Crippen LogP contribution < -0.4 is 0 Å². The van der Waals surface area contributed by atoms with Crippen LogP contribution in [-0.2, 0) is 0 Å². The lowest BCUT2D eigenvalue weighted by atomic mass is 10.1. The monoisotopic (exact) mass is 264 g/mol. The highest BCUT2D eigenvalue weighted by Crippen LogP contribution is 2.24. The fraction of sp³-hybridized carbons (Fsp3) is 0. The van der Waals surface area contributed by atoms with Crippen molar-refractivity contribution in [2.75, 3.05) is 0 Å². The molecule has 0 saturated heterocycles. The molecule has 0 aliphatic carbocycles. The maximum absolute atomic E-state index is 10.9. The number of carboxylic acid groups (broad SMARTS) is 1. The van der Waals surface area contributed by atoms with Crippen molar-refractivity contribution in [2.45, 2.75) is 0 Å². The Morgan fingerprint density at radius 3 is 2.60 bits per heavy atom. The molecule has 5 heteroatoms. The van der Waals surface area contributed by atoms with Crippen LogP contribution in [0.15, 0.2) is 46.4 Å². The molecule has 20 heavy (non-hydrogen) atoms. The highest BCUT2D eigenvalue weighted by atomic mass is 16.4. The quantitative estimate of drug-likeness (QED) is 0.859. The zero-order chi connectivity index (χ0) is 14.5. The molecular formula is C15H8N2O3. The van der Waals surface area contributed by atoms with Crippen LogP contribution in [0.5, 0.6) is 0 Å². The van der Waals surface area contributed by atoms with E-state index in [1.165, 1.54) is 18.2 Å². The SMILES string of the molecule is N#CC(C#N)=Cc1ccc(-c2cccc(C(=O)O)c2)o1. The van der Waals surface area contributed by atoms with E-state index in [-0.39, 0.29) is 11.1 Å². The van der Waals surface area contributed by atoms with Gasteiger partial charge in [-0.1, -0.05) is 12.1 Å². The molecule has 96 valence electrons. The van der Waals surface area contributed by atoms with Crippen LogP contribution in [0.4, 0.5) is 0 Å². The normalized spacial score (nSPS) is 9.30. The summed E-state index contributed by atoms with van der Waals surface area (Å²) >= 11 is 0. The predicted molar refractivity (Wildman–Crippen MR) is 70.3 cm³/mol. The van der Waals surface area contributed by atoms with Crippen LogP contribution in [-0.4, -0.2) is 11.1 Å². The maximum atomic E-state index is 10.9. The molecule has 2 aromatic rings. The van der Waals surface area contributed by atoms with E-state index >= 15 is 0 Å². The van der Waals surface area contributed by atoms with Crippen LogP contribution in [0.3, 0.4) is 0 Å². The molecule has 0 atom stereocenters. The first-order valence-electron chi connectivity index (χ1n) is 5.59. The van der Waals surface area contributed by atoms with Crippen molar-refractivity contribution < 1.29 is 14.3 Å². The summed E-state index contributed by atoms with van der Waals surface area (Å²) in [6.07, 6.45) is 1.32. The van der Waals surface area contributed by atoms with Gasteiger partial charge >= 0.3 is 5.97 Å². The van der Waals surface area contributed by atoms with Crippen LogP contribution in [0, 0.1) is 22.7 Å². The molecular weight excluding hydrogens is 256 g/mol. The summed E-state index contributed by atoms with van der Waals surface area (Å²) in [5.41, 5.74) is 0.705. The Morgan fingerprint density at radius 1 is 1.20 bits per heavy atom. The van der Waals surface area contributed by atoms with Gasteiger partial charge in [-0.25, -0.2) is 4.79 Å². The van der Waals surface area contributed by atoms with Gasteiger partial charge in [0.05, 0.1) is 5.56 Å². The summed E-state index contributed by atoms with van der Waals surface area (Å²) in [4.78, 5) is 10.9. The molecule has 1 aromatic carbocycles. The molecule has 0 radical (unpaired) electrons. The van der Waals surface area contributed by atoms with Gasteiger partial charge in [0.1, 0.15) is 29.2 Å². The number of aromatic carboxylic acids is 1. The van der Waals surface area contributed by atoms with E-state index < -0.39 is 5.97 Å². The van der Waals surface area contributed by atoms with E-state index in [1.807, 2.05) is 0 Å². The van der Waals surface area contributed by atoms with Crippen LogP contribution in [0.1, 0.15) is 16.1 Å². The topological polar surface area (TPSA) is 98.0 Å². The lowest BCUT2D eigenvalue weighted by Gasteiger charge is -1.98. The molecule has 2 rings (SSSR count). The molecule has 0 saturated carbocycles. The number of allylic oxidation sites excluding steroid dienone is 1. The van der Waals surface area contributed by atoms with Crippen molar-refractivity contribution in [2.24, 2.45) is 0 Å².